The summed E-state index contributed by atoms with van der Waals surface area (Å²) in [7, 11) is -3.82. The molecule has 0 atom stereocenters. The molecule has 0 N–H and O–H groups in total. The summed E-state index contributed by atoms with van der Waals surface area (Å²) in [6.45, 7) is 0. The molecule has 7 heteroatoms. The van der Waals surface area contributed by atoms with Crippen molar-refractivity contribution >= 4 is 49.8 Å². The zero-order valence-electron chi connectivity index (χ0n) is 14.9. The van der Waals surface area contributed by atoms with Gasteiger partial charge in [0, 0.05) is 21.5 Å². The molecule has 0 radical (unpaired) electrons. The number of benzene rings is 3. The smallest absolute Gasteiger partial charge is 0.228 e. The van der Waals surface area contributed by atoms with E-state index in [4.69, 9.17) is 27.6 Å². The third kappa shape index (κ3) is 3.81. The Labute approximate surface area is 177 Å². The lowest BCUT2D eigenvalue weighted by Gasteiger charge is -2.07. The second-order valence-electron chi connectivity index (χ2n) is 6.43. The molecule has 3 aromatic carbocycles. The van der Waals surface area contributed by atoms with Gasteiger partial charge in [0.2, 0.25) is 5.78 Å². The van der Waals surface area contributed by atoms with Gasteiger partial charge in [-0.05, 0) is 42.5 Å². The highest BCUT2D eigenvalue weighted by Gasteiger charge is 2.27. The van der Waals surface area contributed by atoms with E-state index in [1.54, 1.807) is 60.7 Å². The van der Waals surface area contributed by atoms with Gasteiger partial charge in [-0.1, -0.05) is 53.5 Å². The second-order valence-corrected chi connectivity index (χ2v) is 9.23. The van der Waals surface area contributed by atoms with Crippen molar-refractivity contribution in [3.63, 3.8) is 0 Å². The molecular formula is C22H14Cl2O4S. The first-order valence-corrected chi connectivity index (χ1v) is 11.1. The van der Waals surface area contributed by atoms with E-state index in [0.29, 0.717) is 27.1 Å². The minimum atomic E-state index is -3.82. The minimum absolute atomic E-state index is 0.0100. The predicted octanol–water partition coefficient (Wildman–Crippen LogP) is 5.94. The van der Waals surface area contributed by atoms with E-state index in [2.05, 4.69) is 0 Å². The first kappa shape index (κ1) is 19.7. The van der Waals surface area contributed by atoms with Crippen LogP contribution in [0.4, 0.5) is 0 Å². The highest BCUT2D eigenvalue weighted by molar-refractivity contribution is 7.90. The lowest BCUT2D eigenvalue weighted by Crippen LogP contribution is -2.10. The van der Waals surface area contributed by atoms with Crippen molar-refractivity contribution in [2.24, 2.45) is 0 Å². The summed E-state index contributed by atoms with van der Waals surface area (Å²) in [5.74, 6) is -0.839. The van der Waals surface area contributed by atoms with Crippen LogP contribution in [0.15, 0.2) is 82.1 Å². The van der Waals surface area contributed by atoms with Gasteiger partial charge in [-0.2, -0.15) is 0 Å². The number of sulfone groups is 1. The van der Waals surface area contributed by atoms with Crippen LogP contribution in [0.5, 0.6) is 0 Å². The molecule has 0 aliphatic rings. The molecule has 0 unspecified atom stereocenters. The summed E-state index contributed by atoms with van der Waals surface area (Å²) < 4.78 is 31.9. The number of para-hydroxylation sites is 1. The van der Waals surface area contributed by atoms with Gasteiger partial charge in [-0.15, -0.1) is 0 Å². The molecule has 1 aromatic heterocycles. The van der Waals surface area contributed by atoms with Crippen LogP contribution >= 0.6 is 23.2 Å². The van der Waals surface area contributed by atoms with Crippen LogP contribution in [-0.4, -0.2) is 14.2 Å². The fraction of sp³-hybridized carbons (Fsp3) is 0.0455. The summed E-state index contributed by atoms with van der Waals surface area (Å²) in [4.78, 5) is 13.1. The molecule has 29 heavy (non-hydrogen) atoms. The molecule has 4 rings (SSSR count). The van der Waals surface area contributed by atoms with E-state index in [9.17, 15) is 13.2 Å². The summed E-state index contributed by atoms with van der Waals surface area (Å²) in [5.41, 5.74) is 1.10. The summed E-state index contributed by atoms with van der Waals surface area (Å²) in [5, 5.41) is 1.19. The largest absolute Gasteiger partial charge is 0.452 e. The first-order valence-electron chi connectivity index (χ1n) is 8.65. The lowest BCUT2D eigenvalue weighted by molar-refractivity contribution is 0.101. The van der Waals surface area contributed by atoms with Crippen LogP contribution < -0.4 is 0 Å². The molecule has 0 bridgehead atoms. The SMILES string of the molecule is O=C(c1ccc(Cl)cc1)c1oc2ccccc2c1CS(=O)(=O)c1ccccc1Cl. The highest BCUT2D eigenvalue weighted by Crippen LogP contribution is 2.32. The number of halogens is 2. The van der Waals surface area contributed by atoms with Crippen molar-refractivity contribution in [3.05, 3.63) is 99.7 Å². The van der Waals surface area contributed by atoms with Gasteiger partial charge >= 0.3 is 0 Å². The quantitative estimate of drug-likeness (QED) is 0.357. The predicted molar refractivity (Wildman–Crippen MR) is 113 cm³/mol. The zero-order valence-corrected chi connectivity index (χ0v) is 17.3. The Balaban J connectivity index is 1.85. The monoisotopic (exact) mass is 444 g/mol. The minimum Gasteiger partial charge on any atom is -0.452 e. The Kier molecular flexibility index (Phi) is 5.21. The van der Waals surface area contributed by atoms with E-state index < -0.39 is 21.4 Å². The van der Waals surface area contributed by atoms with Gasteiger partial charge in [0.25, 0.3) is 0 Å². The molecule has 0 saturated carbocycles. The van der Waals surface area contributed by atoms with Crippen molar-refractivity contribution in [2.45, 2.75) is 10.6 Å². The number of rotatable bonds is 5. The molecule has 0 saturated heterocycles. The van der Waals surface area contributed by atoms with Gasteiger partial charge in [0.1, 0.15) is 5.58 Å². The highest BCUT2D eigenvalue weighted by atomic mass is 35.5. The number of carbonyl (C=O) groups excluding carboxylic acids is 1. The maximum absolute atomic E-state index is 13.1. The average Bonchev–Trinajstić information content (AvgIpc) is 3.06. The van der Waals surface area contributed by atoms with Gasteiger partial charge in [-0.3, -0.25) is 4.79 Å². The molecule has 0 spiro atoms. The maximum Gasteiger partial charge on any atom is 0.228 e. The van der Waals surface area contributed by atoms with Gasteiger partial charge in [-0.25, -0.2) is 8.42 Å². The topological polar surface area (TPSA) is 64.3 Å². The van der Waals surface area contributed by atoms with Crippen LogP contribution in [0.2, 0.25) is 10.0 Å². The third-order valence-electron chi connectivity index (χ3n) is 4.52. The summed E-state index contributed by atoms with van der Waals surface area (Å²) >= 11 is 12.0. The lowest BCUT2D eigenvalue weighted by atomic mass is 10.0. The molecule has 1 heterocycles. The number of hydrogen-bond donors (Lipinski definition) is 0. The molecule has 4 aromatic rings. The molecule has 0 aliphatic carbocycles. The van der Waals surface area contributed by atoms with E-state index in [1.807, 2.05) is 0 Å². The van der Waals surface area contributed by atoms with Gasteiger partial charge in [0.15, 0.2) is 15.6 Å². The molecule has 4 nitrogen and oxygen atoms in total. The van der Waals surface area contributed by atoms with E-state index in [0.717, 1.165) is 0 Å². The molecular weight excluding hydrogens is 431 g/mol. The molecule has 146 valence electrons. The summed E-state index contributed by atoms with van der Waals surface area (Å²) in [6, 6.07) is 19.5. The number of fused-ring (bicyclic) bond motifs is 1. The van der Waals surface area contributed by atoms with E-state index in [1.165, 1.54) is 12.1 Å². The normalized spacial score (nSPS) is 11.7. The van der Waals surface area contributed by atoms with Crippen molar-refractivity contribution < 1.29 is 17.6 Å². The van der Waals surface area contributed by atoms with Crippen molar-refractivity contribution in [3.8, 4) is 0 Å². The number of carbonyl (C=O) groups is 1. The van der Waals surface area contributed by atoms with Crippen LogP contribution in [0.1, 0.15) is 21.7 Å². The molecule has 0 fully saturated rings. The van der Waals surface area contributed by atoms with Crippen molar-refractivity contribution in [2.75, 3.05) is 0 Å². The van der Waals surface area contributed by atoms with Crippen molar-refractivity contribution in [1.29, 1.82) is 0 Å². The van der Waals surface area contributed by atoms with Crippen molar-refractivity contribution in [1.82, 2.24) is 0 Å². The van der Waals surface area contributed by atoms with E-state index >= 15 is 0 Å². The molecule has 0 amide bonds. The number of hydrogen-bond acceptors (Lipinski definition) is 4. The maximum atomic E-state index is 13.1. The number of ketones is 1. The summed E-state index contributed by atoms with van der Waals surface area (Å²) in [6.07, 6.45) is 0. The van der Waals surface area contributed by atoms with Crippen LogP contribution in [-0.2, 0) is 15.6 Å². The molecule has 0 aliphatic heterocycles. The Hall–Kier alpha value is -2.60. The second kappa shape index (κ2) is 7.67. The first-order chi connectivity index (χ1) is 13.9. The van der Waals surface area contributed by atoms with Gasteiger partial charge in [0.05, 0.1) is 15.7 Å². The number of furan rings is 1. The third-order valence-corrected chi connectivity index (χ3v) is 6.91. The van der Waals surface area contributed by atoms with E-state index in [-0.39, 0.29) is 15.7 Å². The Morgan fingerprint density at radius 2 is 1.52 bits per heavy atom. The standard InChI is InChI=1S/C22H14Cl2O4S/c23-15-11-9-14(10-12-15)21(25)22-17(16-5-1-3-7-19(16)28-22)13-29(26,27)20-8-4-2-6-18(20)24/h1-12H,13H2. The Bertz CT molecular complexity index is 1320. The van der Waals surface area contributed by atoms with Gasteiger partial charge < -0.3 is 4.42 Å². The fourth-order valence-corrected chi connectivity index (χ4v) is 5.21. The zero-order chi connectivity index (χ0) is 20.6. The van der Waals surface area contributed by atoms with Crippen LogP contribution in [0.25, 0.3) is 11.0 Å². The Morgan fingerprint density at radius 3 is 2.24 bits per heavy atom. The van der Waals surface area contributed by atoms with Crippen LogP contribution in [0.3, 0.4) is 0 Å². The van der Waals surface area contributed by atoms with Crippen LogP contribution in [0, 0.1) is 0 Å². The average molecular weight is 445 g/mol. The fourth-order valence-electron chi connectivity index (χ4n) is 3.12. The Morgan fingerprint density at radius 1 is 0.862 bits per heavy atom.